The molecule has 1 N–H and O–H groups in total. The van der Waals surface area contributed by atoms with Crippen LogP contribution in [0, 0.1) is 21.7 Å². The van der Waals surface area contributed by atoms with Gasteiger partial charge in [0.15, 0.2) is 11.6 Å². The minimum absolute atomic E-state index is 0.138. The summed E-state index contributed by atoms with van der Waals surface area (Å²) in [6, 6.07) is 5.35. The van der Waals surface area contributed by atoms with Crippen LogP contribution < -0.4 is 5.32 Å². The van der Waals surface area contributed by atoms with Gasteiger partial charge >= 0.3 is 5.00 Å². The van der Waals surface area contributed by atoms with E-state index in [9.17, 15) is 23.7 Å². The zero-order valence-corrected chi connectivity index (χ0v) is 11.6. The smallest absolute Gasteiger partial charge is 0.324 e. The predicted octanol–water partition coefficient (Wildman–Crippen LogP) is 3.43. The highest BCUT2D eigenvalue weighted by molar-refractivity contribution is 7.17. The summed E-state index contributed by atoms with van der Waals surface area (Å²) in [6.45, 7) is 1.60. The van der Waals surface area contributed by atoms with Gasteiger partial charge in [-0.2, -0.15) is 0 Å². The van der Waals surface area contributed by atoms with Crippen molar-refractivity contribution in [3.05, 3.63) is 62.5 Å². The van der Waals surface area contributed by atoms with Crippen molar-refractivity contribution >= 4 is 22.2 Å². The van der Waals surface area contributed by atoms with Gasteiger partial charge in [-0.25, -0.2) is 8.78 Å². The number of nitrogens with one attached hydrogen (secondary N) is 1. The van der Waals surface area contributed by atoms with Crippen LogP contribution in [0.25, 0.3) is 0 Å². The molecule has 0 radical (unpaired) electrons. The van der Waals surface area contributed by atoms with Crippen LogP contribution in [-0.4, -0.2) is 10.8 Å². The lowest BCUT2D eigenvalue weighted by Crippen LogP contribution is -2.26. The quantitative estimate of drug-likeness (QED) is 0.694. The van der Waals surface area contributed by atoms with E-state index < -0.39 is 28.5 Å². The molecular formula is C13H10F2N2O3S. The second kappa shape index (κ2) is 5.96. The predicted molar refractivity (Wildman–Crippen MR) is 73.2 cm³/mol. The molecule has 0 aliphatic carbocycles. The number of halogens is 2. The van der Waals surface area contributed by atoms with Gasteiger partial charge in [0, 0.05) is 6.07 Å². The molecule has 0 bridgehead atoms. The minimum Gasteiger partial charge on any atom is -0.345 e. The van der Waals surface area contributed by atoms with Crippen molar-refractivity contribution in [3.8, 4) is 0 Å². The van der Waals surface area contributed by atoms with Crippen LogP contribution in [0.3, 0.4) is 0 Å². The molecule has 2 aromatic rings. The van der Waals surface area contributed by atoms with E-state index in [-0.39, 0.29) is 9.88 Å². The van der Waals surface area contributed by atoms with Crippen LogP contribution in [0.4, 0.5) is 13.8 Å². The standard InChI is InChI=1S/C13H10F2N2O3S/c1-7(8-2-3-9(14)10(15)6-8)16-13(18)11-4-5-12(21-11)17(19)20/h2-7H,1H3,(H,16,18). The summed E-state index contributed by atoms with van der Waals surface area (Å²) in [5.74, 6) is -2.48. The monoisotopic (exact) mass is 312 g/mol. The van der Waals surface area contributed by atoms with Crippen molar-refractivity contribution in [1.29, 1.82) is 0 Å². The molecule has 0 saturated carbocycles. The molecule has 0 spiro atoms. The highest BCUT2D eigenvalue weighted by atomic mass is 32.1. The van der Waals surface area contributed by atoms with Crippen LogP contribution >= 0.6 is 11.3 Å². The van der Waals surface area contributed by atoms with E-state index in [4.69, 9.17) is 0 Å². The van der Waals surface area contributed by atoms with Gasteiger partial charge in [-0.15, -0.1) is 0 Å². The highest BCUT2D eigenvalue weighted by Crippen LogP contribution is 2.24. The SMILES string of the molecule is CC(NC(=O)c1ccc([N+](=O)[O-])s1)c1ccc(F)c(F)c1. The zero-order valence-electron chi connectivity index (χ0n) is 10.8. The zero-order chi connectivity index (χ0) is 15.6. The number of thiophene rings is 1. The fourth-order valence-corrected chi connectivity index (χ4v) is 2.40. The molecule has 0 saturated heterocycles. The van der Waals surface area contributed by atoms with E-state index in [0.29, 0.717) is 5.56 Å². The van der Waals surface area contributed by atoms with Gasteiger partial charge in [0.25, 0.3) is 5.91 Å². The highest BCUT2D eigenvalue weighted by Gasteiger charge is 2.18. The molecular weight excluding hydrogens is 302 g/mol. The first-order valence-electron chi connectivity index (χ1n) is 5.88. The fraction of sp³-hybridized carbons (Fsp3) is 0.154. The number of nitro groups is 1. The first-order valence-corrected chi connectivity index (χ1v) is 6.70. The van der Waals surface area contributed by atoms with Crippen molar-refractivity contribution in [2.45, 2.75) is 13.0 Å². The molecule has 0 fully saturated rings. The van der Waals surface area contributed by atoms with Crippen LogP contribution in [0.1, 0.15) is 28.2 Å². The third-order valence-corrected chi connectivity index (χ3v) is 3.82. The van der Waals surface area contributed by atoms with Crippen molar-refractivity contribution in [1.82, 2.24) is 5.32 Å². The molecule has 8 heteroatoms. The number of carbonyl (C=O) groups is 1. The topological polar surface area (TPSA) is 72.2 Å². The fourth-order valence-electron chi connectivity index (χ4n) is 1.68. The molecule has 1 atom stereocenters. The maximum absolute atomic E-state index is 13.1. The Kier molecular flexibility index (Phi) is 4.27. The van der Waals surface area contributed by atoms with E-state index in [1.165, 1.54) is 18.2 Å². The lowest BCUT2D eigenvalue weighted by molar-refractivity contribution is -0.380. The van der Waals surface area contributed by atoms with Gasteiger partial charge in [0.1, 0.15) is 0 Å². The Morgan fingerprint density at radius 3 is 2.57 bits per heavy atom. The Balaban J connectivity index is 2.10. The molecule has 1 aromatic heterocycles. The molecule has 1 amide bonds. The molecule has 2 rings (SSSR count). The van der Waals surface area contributed by atoms with Crippen LogP contribution in [-0.2, 0) is 0 Å². The van der Waals surface area contributed by atoms with Crippen molar-refractivity contribution in [2.24, 2.45) is 0 Å². The van der Waals surface area contributed by atoms with E-state index in [2.05, 4.69) is 5.32 Å². The molecule has 110 valence electrons. The molecule has 1 unspecified atom stereocenters. The average Bonchev–Trinajstić information content (AvgIpc) is 2.91. The van der Waals surface area contributed by atoms with Gasteiger partial charge in [0.05, 0.1) is 15.8 Å². The van der Waals surface area contributed by atoms with Crippen LogP contribution in [0.2, 0.25) is 0 Å². The molecule has 1 heterocycles. The first-order chi connectivity index (χ1) is 9.88. The van der Waals surface area contributed by atoms with Gasteiger partial charge < -0.3 is 5.32 Å². The summed E-state index contributed by atoms with van der Waals surface area (Å²) in [5.41, 5.74) is 0.397. The number of hydrogen-bond acceptors (Lipinski definition) is 4. The van der Waals surface area contributed by atoms with E-state index in [0.717, 1.165) is 23.5 Å². The summed E-state index contributed by atoms with van der Waals surface area (Å²) >= 11 is 0.747. The van der Waals surface area contributed by atoms with Crippen molar-refractivity contribution < 1.29 is 18.5 Å². The third-order valence-electron chi connectivity index (χ3n) is 2.79. The Bertz CT molecular complexity index is 702. The minimum atomic E-state index is -1.000. The average molecular weight is 312 g/mol. The van der Waals surface area contributed by atoms with Gasteiger partial charge in [-0.1, -0.05) is 17.4 Å². The first kappa shape index (κ1) is 15.0. The maximum atomic E-state index is 13.1. The maximum Gasteiger partial charge on any atom is 0.324 e. The summed E-state index contributed by atoms with van der Waals surface area (Å²) in [5, 5.41) is 13.0. The molecule has 0 aliphatic rings. The van der Waals surface area contributed by atoms with Crippen LogP contribution in [0.15, 0.2) is 30.3 Å². The molecule has 21 heavy (non-hydrogen) atoms. The lowest BCUT2D eigenvalue weighted by Gasteiger charge is -2.13. The lowest BCUT2D eigenvalue weighted by atomic mass is 10.1. The summed E-state index contributed by atoms with van der Waals surface area (Å²) < 4.78 is 26.0. The number of carbonyl (C=O) groups excluding carboxylic acids is 1. The van der Waals surface area contributed by atoms with Gasteiger partial charge in [0.2, 0.25) is 0 Å². The summed E-state index contributed by atoms with van der Waals surface area (Å²) in [4.78, 5) is 22.1. The Morgan fingerprint density at radius 1 is 1.29 bits per heavy atom. The van der Waals surface area contributed by atoms with Gasteiger partial charge in [-0.3, -0.25) is 14.9 Å². The number of hydrogen-bond donors (Lipinski definition) is 1. The second-order valence-electron chi connectivity index (χ2n) is 4.26. The largest absolute Gasteiger partial charge is 0.345 e. The Morgan fingerprint density at radius 2 is 2.00 bits per heavy atom. The number of amides is 1. The van der Waals surface area contributed by atoms with E-state index in [1.807, 2.05) is 0 Å². The Hall–Kier alpha value is -2.35. The Labute approximate surface area is 122 Å². The number of rotatable bonds is 4. The van der Waals surface area contributed by atoms with Gasteiger partial charge in [-0.05, 0) is 30.7 Å². The third kappa shape index (κ3) is 3.40. The molecule has 5 nitrogen and oxygen atoms in total. The number of benzene rings is 1. The number of nitrogens with zero attached hydrogens (tertiary/aromatic N) is 1. The van der Waals surface area contributed by atoms with E-state index in [1.54, 1.807) is 6.92 Å². The molecule has 1 aromatic carbocycles. The van der Waals surface area contributed by atoms with E-state index >= 15 is 0 Å². The van der Waals surface area contributed by atoms with Crippen molar-refractivity contribution in [3.63, 3.8) is 0 Å². The second-order valence-corrected chi connectivity index (χ2v) is 5.33. The normalized spacial score (nSPS) is 12.0. The summed E-state index contributed by atoms with van der Waals surface area (Å²) in [7, 11) is 0. The van der Waals surface area contributed by atoms with Crippen LogP contribution in [0.5, 0.6) is 0 Å². The molecule has 0 aliphatic heterocycles. The summed E-state index contributed by atoms with van der Waals surface area (Å²) in [6.07, 6.45) is 0. The van der Waals surface area contributed by atoms with Crippen molar-refractivity contribution in [2.75, 3.05) is 0 Å².